The van der Waals surface area contributed by atoms with Crippen molar-refractivity contribution >= 4 is 5.97 Å². The standard InChI is InChI=1S/C11H19NO2/c1-2-12-9-6-4-3-5-8(9)7-10(12)11(13)14/h8-10H,2-7H2,1H3,(H,13,14). The topological polar surface area (TPSA) is 40.5 Å². The minimum absolute atomic E-state index is 0.201. The number of hydrogen-bond acceptors (Lipinski definition) is 2. The fourth-order valence-electron chi connectivity index (χ4n) is 3.25. The molecule has 3 atom stereocenters. The average molecular weight is 197 g/mol. The van der Waals surface area contributed by atoms with Crippen molar-refractivity contribution in [1.82, 2.24) is 4.90 Å². The van der Waals surface area contributed by atoms with Gasteiger partial charge in [-0.2, -0.15) is 0 Å². The number of rotatable bonds is 2. The van der Waals surface area contributed by atoms with Gasteiger partial charge in [-0.1, -0.05) is 19.8 Å². The van der Waals surface area contributed by atoms with Crippen LogP contribution in [0, 0.1) is 5.92 Å². The molecule has 2 rings (SSSR count). The van der Waals surface area contributed by atoms with E-state index < -0.39 is 5.97 Å². The third-order valence-corrected chi connectivity index (χ3v) is 3.87. The molecule has 0 spiro atoms. The van der Waals surface area contributed by atoms with Crippen LogP contribution in [0.3, 0.4) is 0 Å². The van der Waals surface area contributed by atoms with E-state index in [-0.39, 0.29) is 6.04 Å². The highest BCUT2D eigenvalue weighted by Gasteiger charge is 2.44. The number of likely N-dealkylation sites (tertiary alicyclic amines) is 1. The molecule has 3 nitrogen and oxygen atoms in total. The summed E-state index contributed by atoms with van der Waals surface area (Å²) in [5.41, 5.74) is 0. The van der Waals surface area contributed by atoms with Gasteiger partial charge < -0.3 is 5.11 Å². The van der Waals surface area contributed by atoms with Gasteiger partial charge in [0.1, 0.15) is 6.04 Å². The predicted octanol–water partition coefficient (Wildman–Crippen LogP) is 1.72. The Balaban J connectivity index is 2.12. The lowest BCUT2D eigenvalue weighted by atomic mass is 9.85. The average Bonchev–Trinajstić information content (AvgIpc) is 2.56. The first kappa shape index (κ1) is 9.97. The fraction of sp³-hybridized carbons (Fsp3) is 0.909. The summed E-state index contributed by atoms with van der Waals surface area (Å²) in [4.78, 5) is 13.3. The number of carboxylic acids is 1. The van der Waals surface area contributed by atoms with E-state index in [4.69, 9.17) is 5.11 Å². The van der Waals surface area contributed by atoms with Gasteiger partial charge >= 0.3 is 5.97 Å². The highest BCUT2D eigenvalue weighted by molar-refractivity contribution is 5.74. The van der Waals surface area contributed by atoms with Gasteiger partial charge in [-0.3, -0.25) is 9.69 Å². The van der Waals surface area contributed by atoms with Crippen molar-refractivity contribution in [2.24, 2.45) is 5.92 Å². The van der Waals surface area contributed by atoms with E-state index >= 15 is 0 Å². The molecule has 1 saturated heterocycles. The number of hydrogen-bond donors (Lipinski definition) is 1. The molecule has 1 aliphatic carbocycles. The van der Waals surface area contributed by atoms with E-state index in [0.717, 1.165) is 13.0 Å². The lowest BCUT2D eigenvalue weighted by Gasteiger charge is -2.31. The highest BCUT2D eigenvalue weighted by Crippen LogP contribution is 2.39. The monoisotopic (exact) mass is 197 g/mol. The van der Waals surface area contributed by atoms with E-state index in [1.165, 1.54) is 25.7 Å². The lowest BCUT2D eigenvalue weighted by molar-refractivity contribution is -0.142. The summed E-state index contributed by atoms with van der Waals surface area (Å²) in [5.74, 6) is 0.0334. The largest absolute Gasteiger partial charge is 0.480 e. The van der Waals surface area contributed by atoms with Crippen molar-refractivity contribution in [2.45, 2.75) is 51.1 Å². The van der Waals surface area contributed by atoms with Gasteiger partial charge in [0.05, 0.1) is 0 Å². The Morgan fingerprint density at radius 3 is 2.79 bits per heavy atom. The molecule has 0 aromatic heterocycles. The van der Waals surface area contributed by atoms with Crippen molar-refractivity contribution in [3.8, 4) is 0 Å². The van der Waals surface area contributed by atoms with Crippen LogP contribution in [-0.2, 0) is 4.79 Å². The van der Waals surface area contributed by atoms with Gasteiger partial charge in [-0.05, 0) is 31.7 Å². The second kappa shape index (κ2) is 3.89. The highest BCUT2D eigenvalue weighted by atomic mass is 16.4. The minimum atomic E-state index is -0.624. The van der Waals surface area contributed by atoms with Crippen molar-refractivity contribution in [1.29, 1.82) is 0 Å². The maximum Gasteiger partial charge on any atom is 0.320 e. The molecule has 1 saturated carbocycles. The number of carbonyl (C=O) groups is 1. The summed E-state index contributed by atoms with van der Waals surface area (Å²) in [6, 6.07) is 0.364. The van der Waals surface area contributed by atoms with Crippen molar-refractivity contribution in [3.63, 3.8) is 0 Å². The number of carboxylic acid groups (broad SMARTS) is 1. The zero-order valence-electron chi connectivity index (χ0n) is 8.78. The molecule has 80 valence electrons. The molecule has 0 radical (unpaired) electrons. The van der Waals surface area contributed by atoms with E-state index in [0.29, 0.717) is 12.0 Å². The smallest absolute Gasteiger partial charge is 0.320 e. The first-order chi connectivity index (χ1) is 6.74. The lowest BCUT2D eigenvalue weighted by Crippen LogP contribution is -2.41. The van der Waals surface area contributed by atoms with Crippen LogP contribution in [-0.4, -0.2) is 34.6 Å². The third-order valence-electron chi connectivity index (χ3n) is 3.87. The third kappa shape index (κ3) is 1.54. The van der Waals surface area contributed by atoms with E-state index in [9.17, 15) is 4.79 Å². The molecule has 0 amide bonds. The number of fused-ring (bicyclic) bond motifs is 1. The molecular formula is C11H19NO2. The molecule has 0 aromatic rings. The molecule has 1 N–H and O–H groups in total. The number of likely N-dealkylation sites (N-methyl/N-ethyl adjacent to an activating group) is 1. The molecule has 1 heterocycles. The Morgan fingerprint density at radius 1 is 1.43 bits per heavy atom. The summed E-state index contributed by atoms with van der Waals surface area (Å²) in [5, 5.41) is 9.12. The zero-order chi connectivity index (χ0) is 10.1. The Hall–Kier alpha value is -0.570. The molecular weight excluding hydrogens is 178 g/mol. The summed E-state index contributed by atoms with van der Waals surface area (Å²) in [7, 11) is 0. The molecule has 14 heavy (non-hydrogen) atoms. The molecule has 1 aliphatic heterocycles. The van der Waals surface area contributed by atoms with E-state index in [1.54, 1.807) is 0 Å². The number of nitrogens with zero attached hydrogens (tertiary/aromatic N) is 1. The Morgan fingerprint density at radius 2 is 2.14 bits per heavy atom. The predicted molar refractivity (Wildman–Crippen MR) is 54.2 cm³/mol. The van der Waals surface area contributed by atoms with Gasteiger partial charge in [0.2, 0.25) is 0 Å². The molecule has 3 heteroatoms. The van der Waals surface area contributed by atoms with Crippen LogP contribution >= 0.6 is 0 Å². The van der Waals surface area contributed by atoms with Gasteiger partial charge in [0.15, 0.2) is 0 Å². The van der Waals surface area contributed by atoms with Crippen molar-refractivity contribution < 1.29 is 9.90 Å². The van der Waals surface area contributed by atoms with Crippen molar-refractivity contribution in [2.75, 3.05) is 6.54 Å². The fourth-order valence-corrected chi connectivity index (χ4v) is 3.25. The first-order valence-corrected chi connectivity index (χ1v) is 5.72. The normalized spacial score (nSPS) is 38.2. The molecule has 3 unspecified atom stereocenters. The first-order valence-electron chi connectivity index (χ1n) is 5.72. The maximum absolute atomic E-state index is 11.1. The quantitative estimate of drug-likeness (QED) is 0.732. The molecule has 0 bridgehead atoms. The van der Waals surface area contributed by atoms with Crippen molar-refractivity contribution in [3.05, 3.63) is 0 Å². The van der Waals surface area contributed by atoms with Crippen LogP contribution in [0.2, 0.25) is 0 Å². The van der Waals surface area contributed by atoms with Crippen LogP contribution < -0.4 is 0 Å². The number of aliphatic carboxylic acids is 1. The van der Waals surface area contributed by atoms with E-state index in [2.05, 4.69) is 11.8 Å². The summed E-state index contributed by atoms with van der Waals surface area (Å²) < 4.78 is 0. The van der Waals surface area contributed by atoms with Gasteiger partial charge in [0.25, 0.3) is 0 Å². The second-order valence-corrected chi connectivity index (χ2v) is 4.53. The maximum atomic E-state index is 11.1. The Kier molecular flexibility index (Phi) is 2.77. The van der Waals surface area contributed by atoms with E-state index in [1.807, 2.05) is 0 Å². The van der Waals surface area contributed by atoms with Gasteiger partial charge in [-0.15, -0.1) is 0 Å². The summed E-state index contributed by atoms with van der Waals surface area (Å²) >= 11 is 0. The van der Waals surface area contributed by atoms with Crippen LogP contribution in [0.4, 0.5) is 0 Å². The molecule has 2 fully saturated rings. The van der Waals surface area contributed by atoms with Crippen LogP contribution in [0.15, 0.2) is 0 Å². The summed E-state index contributed by atoms with van der Waals surface area (Å²) in [6.45, 7) is 2.96. The SMILES string of the molecule is CCN1C(C(=O)O)CC2CCCCC21. The summed E-state index contributed by atoms with van der Waals surface area (Å²) in [6.07, 6.45) is 5.91. The van der Waals surface area contributed by atoms with Gasteiger partial charge in [0, 0.05) is 6.04 Å². The van der Waals surface area contributed by atoms with Crippen LogP contribution in [0.1, 0.15) is 39.0 Å². The van der Waals surface area contributed by atoms with Crippen LogP contribution in [0.5, 0.6) is 0 Å². The van der Waals surface area contributed by atoms with Crippen LogP contribution in [0.25, 0.3) is 0 Å². The van der Waals surface area contributed by atoms with Gasteiger partial charge in [-0.25, -0.2) is 0 Å². The zero-order valence-corrected chi connectivity index (χ0v) is 8.78. The minimum Gasteiger partial charge on any atom is -0.480 e. The second-order valence-electron chi connectivity index (χ2n) is 4.53. The molecule has 0 aromatic carbocycles. The Bertz CT molecular complexity index is 229. The molecule has 2 aliphatic rings. The Labute approximate surface area is 85.1 Å².